The molecular formula is C20H25NO. The van der Waals surface area contributed by atoms with Crippen molar-refractivity contribution >= 4 is 5.91 Å². The molecule has 0 heterocycles. The summed E-state index contributed by atoms with van der Waals surface area (Å²) in [5.74, 6) is 0.435. The van der Waals surface area contributed by atoms with E-state index >= 15 is 0 Å². The van der Waals surface area contributed by atoms with E-state index < -0.39 is 0 Å². The highest BCUT2D eigenvalue weighted by atomic mass is 16.1. The number of rotatable bonds is 5. The van der Waals surface area contributed by atoms with Gasteiger partial charge in [-0.2, -0.15) is 0 Å². The molecule has 0 saturated heterocycles. The molecule has 0 fully saturated rings. The summed E-state index contributed by atoms with van der Waals surface area (Å²) in [6.07, 6.45) is 0.938. The number of hydrogen-bond acceptors (Lipinski definition) is 1. The quantitative estimate of drug-likeness (QED) is 0.865. The summed E-state index contributed by atoms with van der Waals surface area (Å²) in [7, 11) is 0. The summed E-state index contributed by atoms with van der Waals surface area (Å²) >= 11 is 0. The predicted octanol–water partition coefficient (Wildman–Crippen LogP) is 4.48. The molecule has 1 atom stereocenters. The Hall–Kier alpha value is -2.09. The van der Waals surface area contributed by atoms with Crippen LogP contribution in [-0.4, -0.2) is 11.9 Å². The van der Waals surface area contributed by atoms with E-state index in [4.69, 9.17) is 0 Å². The molecule has 0 aromatic heterocycles. The lowest BCUT2D eigenvalue weighted by molar-refractivity contribution is 0.0943. The molecule has 1 amide bonds. The molecule has 0 spiro atoms. The molecule has 2 rings (SSSR count). The lowest BCUT2D eigenvalue weighted by atomic mass is 9.90. The van der Waals surface area contributed by atoms with Crippen LogP contribution in [0.4, 0.5) is 0 Å². The van der Waals surface area contributed by atoms with Crippen LogP contribution in [0.2, 0.25) is 0 Å². The zero-order valence-electron chi connectivity index (χ0n) is 13.9. The summed E-state index contributed by atoms with van der Waals surface area (Å²) in [5, 5.41) is 2.94. The van der Waals surface area contributed by atoms with Gasteiger partial charge in [-0.1, -0.05) is 43.3 Å². The van der Waals surface area contributed by atoms with Crippen molar-refractivity contribution in [2.24, 2.45) is 0 Å². The molecule has 2 nitrogen and oxygen atoms in total. The van der Waals surface area contributed by atoms with Crippen LogP contribution in [0.15, 0.2) is 48.5 Å². The number of carbonyl (C=O) groups excluding carboxylic acids is 1. The molecule has 2 heteroatoms. The normalized spacial score (nSPS) is 12.2. The minimum atomic E-state index is 0.000365. The molecule has 1 unspecified atom stereocenters. The van der Waals surface area contributed by atoms with Gasteiger partial charge in [-0.3, -0.25) is 4.79 Å². The fraction of sp³-hybridized carbons (Fsp3) is 0.350. The molecule has 2 aromatic carbocycles. The summed E-state index contributed by atoms with van der Waals surface area (Å²) in [6.45, 7) is 8.34. The Morgan fingerprint density at radius 1 is 1.05 bits per heavy atom. The maximum Gasteiger partial charge on any atom is 0.251 e. The molecular weight excluding hydrogens is 270 g/mol. The maximum atomic E-state index is 12.1. The number of nitrogens with one attached hydrogen (secondary N) is 1. The van der Waals surface area contributed by atoms with E-state index in [1.807, 2.05) is 32.0 Å². The molecule has 0 aliphatic rings. The van der Waals surface area contributed by atoms with Crippen molar-refractivity contribution in [3.05, 3.63) is 70.8 Å². The fourth-order valence-electron chi connectivity index (χ4n) is 2.79. The minimum absolute atomic E-state index is 0.000365. The largest absolute Gasteiger partial charge is 0.350 e. The highest BCUT2D eigenvalue weighted by Gasteiger charge is 2.11. The standard InChI is InChI=1S/C20H25NO/c1-14(2)21-20(22)18-10-7-9-17(13-18)12-16(4)19-11-6-5-8-15(19)3/h5-11,13-14,16H,12H2,1-4H3,(H,21,22). The molecule has 0 saturated carbocycles. The second-order valence-electron chi connectivity index (χ2n) is 6.29. The highest BCUT2D eigenvalue weighted by molar-refractivity contribution is 5.94. The Bertz CT molecular complexity index is 646. The Labute approximate surface area is 133 Å². The van der Waals surface area contributed by atoms with Crippen LogP contribution < -0.4 is 5.32 Å². The molecule has 0 aliphatic carbocycles. The maximum absolute atomic E-state index is 12.1. The summed E-state index contributed by atoms with van der Waals surface area (Å²) in [4.78, 5) is 12.1. The molecule has 116 valence electrons. The van der Waals surface area contributed by atoms with E-state index in [-0.39, 0.29) is 11.9 Å². The Balaban J connectivity index is 2.13. The minimum Gasteiger partial charge on any atom is -0.350 e. The first kappa shape index (κ1) is 16.3. The van der Waals surface area contributed by atoms with Crippen molar-refractivity contribution in [3.63, 3.8) is 0 Å². The van der Waals surface area contributed by atoms with Gasteiger partial charge in [0.1, 0.15) is 0 Å². The Morgan fingerprint density at radius 2 is 1.77 bits per heavy atom. The SMILES string of the molecule is Cc1ccccc1C(C)Cc1cccc(C(=O)NC(C)C)c1. The van der Waals surface area contributed by atoms with Gasteiger partial charge in [0.05, 0.1) is 0 Å². The van der Waals surface area contributed by atoms with Crippen LogP contribution in [-0.2, 0) is 6.42 Å². The summed E-state index contributed by atoms with van der Waals surface area (Å²) in [5.41, 5.74) is 4.64. The predicted molar refractivity (Wildman–Crippen MR) is 92.3 cm³/mol. The zero-order chi connectivity index (χ0) is 16.1. The van der Waals surface area contributed by atoms with Gasteiger partial charge in [0.25, 0.3) is 5.91 Å². The van der Waals surface area contributed by atoms with E-state index in [1.54, 1.807) is 0 Å². The van der Waals surface area contributed by atoms with Gasteiger partial charge in [-0.05, 0) is 61.9 Å². The molecule has 0 radical (unpaired) electrons. The van der Waals surface area contributed by atoms with E-state index in [0.29, 0.717) is 5.92 Å². The molecule has 22 heavy (non-hydrogen) atoms. The molecule has 0 bridgehead atoms. The number of amides is 1. The second-order valence-corrected chi connectivity index (χ2v) is 6.29. The van der Waals surface area contributed by atoms with Crippen molar-refractivity contribution < 1.29 is 4.79 Å². The first-order valence-electron chi connectivity index (χ1n) is 7.92. The summed E-state index contributed by atoms with van der Waals surface area (Å²) < 4.78 is 0. The monoisotopic (exact) mass is 295 g/mol. The topological polar surface area (TPSA) is 29.1 Å². The van der Waals surface area contributed by atoms with Gasteiger partial charge in [0.15, 0.2) is 0 Å². The smallest absolute Gasteiger partial charge is 0.251 e. The van der Waals surface area contributed by atoms with Gasteiger partial charge in [0, 0.05) is 11.6 Å². The van der Waals surface area contributed by atoms with Crippen LogP contribution >= 0.6 is 0 Å². The van der Waals surface area contributed by atoms with Gasteiger partial charge < -0.3 is 5.32 Å². The Kier molecular flexibility index (Phi) is 5.37. The van der Waals surface area contributed by atoms with Crippen LogP contribution in [0.5, 0.6) is 0 Å². The first-order chi connectivity index (χ1) is 10.5. The van der Waals surface area contributed by atoms with Crippen LogP contribution in [0.1, 0.15) is 53.7 Å². The average Bonchev–Trinajstić information content (AvgIpc) is 2.47. The zero-order valence-corrected chi connectivity index (χ0v) is 13.9. The Morgan fingerprint density at radius 3 is 2.45 bits per heavy atom. The lowest BCUT2D eigenvalue weighted by Gasteiger charge is -2.15. The van der Waals surface area contributed by atoms with Crippen molar-refractivity contribution in [1.82, 2.24) is 5.32 Å². The number of carbonyl (C=O) groups is 1. The third-order valence-electron chi connectivity index (χ3n) is 3.87. The fourth-order valence-corrected chi connectivity index (χ4v) is 2.79. The molecule has 2 aromatic rings. The summed E-state index contributed by atoms with van der Waals surface area (Å²) in [6, 6.07) is 16.6. The second kappa shape index (κ2) is 7.26. The van der Waals surface area contributed by atoms with Crippen LogP contribution in [0.3, 0.4) is 0 Å². The highest BCUT2D eigenvalue weighted by Crippen LogP contribution is 2.23. The van der Waals surface area contributed by atoms with E-state index in [9.17, 15) is 4.79 Å². The van der Waals surface area contributed by atoms with Gasteiger partial charge in [-0.15, -0.1) is 0 Å². The third kappa shape index (κ3) is 4.20. The molecule has 1 N–H and O–H groups in total. The van der Waals surface area contributed by atoms with Gasteiger partial charge in [0.2, 0.25) is 0 Å². The third-order valence-corrected chi connectivity index (χ3v) is 3.87. The van der Waals surface area contributed by atoms with Crippen LogP contribution in [0, 0.1) is 6.92 Å². The lowest BCUT2D eigenvalue weighted by Crippen LogP contribution is -2.30. The van der Waals surface area contributed by atoms with Crippen molar-refractivity contribution in [2.45, 2.75) is 46.1 Å². The van der Waals surface area contributed by atoms with Crippen LogP contribution in [0.25, 0.3) is 0 Å². The van der Waals surface area contributed by atoms with Crippen molar-refractivity contribution in [2.75, 3.05) is 0 Å². The van der Waals surface area contributed by atoms with Gasteiger partial charge >= 0.3 is 0 Å². The number of aryl methyl sites for hydroxylation is 1. The van der Waals surface area contributed by atoms with Crippen molar-refractivity contribution in [3.8, 4) is 0 Å². The van der Waals surface area contributed by atoms with Crippen molar-refractivity contribution in [1.29, 1.82) is 0 Å². The van der Waals surface area contributed by atoms with E-state index in [2.05, 4.69) is 49.5 Å². The van der Waals surface area contributed by atoms with E-state index in [1.165, 1.54) is 16.7 Å². The molecule has 0 aliphatic heterocycles. The average molecular weight is 295 g/mol. The first-order valence-corrected chi connectivity index (χ1v) is 7.92. The number of hydrogen-bond donors (Lipinski definition) is 1. The number of benzene rings is 2. The van der Waals surface area contributed by atoms with Gasteiger partial charge in [-0.25, -0.2) is 0 Å². The van der Waals surface area contributed by atoms with E-state index in [0.717, 1.165) is 12.0 Å².